The fourth-order valence-corrected chi connectivity index (χ4v) is 2.90. The van der Waals surface area contributed by atoms with Gasteiger partial charge >= 0.3 is 0 Å². The lowest BCUT2D eigenvalue weighted by Crippen LogP contribution is -2.31. The van der Waals surface area contributed by atoms with Gasteiger partial charge < -0.3 is 10.1 Å². The third kappa shape index (κ3) is 4.71. The molecule has 1 amide bonds. The van der Waals surface area contributed by atoms with Crippen LogP contribution in [0.25, 0.3) is 5.82 Å². The van der Waals surface area contributed by atoms with Gasteiger partial charge in [-0.2, -0.15) is 9.78 Å². The summed E-state index contributed by atoms with van der Waals surface area (Å²) in [7, 11) is 0. The Morgan fingerprint density at radius 3 is 2.52 bits per heavy atom. The number of hydrogen-bond acceptors (Lipinski definition) is 4. The molecule has 9 heteroatoms. The first-order chi connectivity index (χ1) is 12.8. The summed E-state index contributed by atoms with van der Waals surface area (Å²) in [6, 6.07) is 10.0. The molecule has 3 aromatic rings. The molecule has 0 saturated heterocycles. The monoisotopic (exact) mass is 424 g/mol. The fourth-order valence-electron chi connectivity index (χ4n) is 2.31. The van der Waals surface area contributed by atoms with Gasteiger partial charge in [0.15, 0.2) is 11.9 Å². The molecule has 2 heterocycles. The minimum Gasteiger partial charge on any atom is -0.481 e. The zero-order chi connectivity index (χ0) is 19.6. The van der Waals surface area contributed by atoms with Crippen LogP contribution >= 0.6 is 34.8 Å². The number of pyridine rings is 1. The van der Waals surface area contributed by atoms with E-state index in [1.165, 1.54) is 10.9 Å². The van der Waals surface area contributed by atoms with E-state index in [-0.39, 0.29) is 5.91 Å². The summed E-state index contributed by atoms with van der Waals surface area (Å²) in [6.45, 7) is 3.44. The first-order valence-corrected chi connectivity index (χ1v) is 9.08. The number of halogens is 3. The average Bonchev–Trinajstić information content (AvgIpc) is 2.97. The Morgan fingerprint density at radius 1 is 1.15 bits per heavy atom. The van der Waals surface area contributed by atoms with Crippen molar-refractivity contribution in [3.8, 4) is 11.6 Å². The first kappa shape index (κ1) is 19.5. The second-order valence-electron chi connectivity index (χ2n) is 5.74. The van der Waals surface area contributed by atoms with E-state index in [4.69, 9.17) is 39.5 Å². The molecular weight excluding hydrogens is 411 g/mol. The predicted octanol–water partition coefficient (Wildman–Crippen LogP) is 4.94. The smallest absolute Gasteiger partial charge is 0.266 e. The van der Waals surface area contributed by atoms with Crippen molar-refractivity contribution in [2.45, 2.75) is 20.0 Å². The molecular formula is C18H15Cl3N4O2. The Kier molecular flexibility index (Phi) is 5.89. The molecule has 27 heavy (non-hydrogen) atoms. The molecule has 0 saturated carbocycles. The molecule has 1 aromatic carbocycles. The third-order valence-electron chi connectivity index (χ3n) is 3.57. The van der Waals surface area contributed by atoms with Gasteiger partial charge in [-0.05, 0) is 44.2 Å². The summed E-state index contributed by atoms with van der Waals surface area (Å²) in [5, 5.41) is 8.42. The maximum atomic E-state index is 12.5. The van der Waals surface area contributed by atoms with E-state index in [1.807, 2.05) is 0 Å². The van der Waals surface area contributed by atoms with Gasteiger partial charge in [0.25, 0.3) is 5.91 Å². The summed E-state index contributed by atoms with van der Waals surface area (Å²) < 4.78 is 7.08. The molecule has 2 aromatic heterocycles. The SMILES string of the molecule is Cc1cc(NC(=O)C(C)Oc2ccc(Cl)cc2)n(-c2ncc(Cl)cc2Cl)n1. The summed E-state index contributed by atoms with van der Waals surface area (Å²) in [4.78, 5) is 16.7. The molecule has 1 N–H and O–H groups in total. The van der Waals surface area contributed by atoms with Gasteiger partial charge in [-0.1, -0.05) is 34.8 Å². The van der Waals surface area contributed by atoms with Crippen molar-refractivity contribution in [2.75, 3.05) is 5.32 Å². The molecule has 6 nitrogen and oxygen atoms in total. The molecule has 0 bridgehead atoms. The lowest BCUT2D eigenvalue weighted by Gasteiger charge is -2.15. The van der Waals surface area contributed by atoms with Gasteiger partial charge in [-0.25, -0.2) is 4.98 Å². The van der Waals surface area contributed by atoms with Crippen LogP contribution in [-0.4, -0.2) is 26.8 Å². The number of benzene rings is 1. The maximum absolute atomic E-state index is 12.5. The normalized spacial score (nSPS) is 11.9. The zero-order valence-corrected chi connectivity index (χ0v) is 16.7. The fraction of sp³-hybridized carbons (Fsp3) is 0.167. The number of aryl methyl sites for hydroxylation is 1. The molecule has 0 radical (unpaired) electrons. The molecule has 3 rings (SSSR count). The Morgan fingerprint density at radius 2 is 1.85 bits per heavy atom. The van der Waals surface area contributed by atoms with Crippen LogP contribution < -0.4 is 10.1 Å². The molecule has 1 atom stereocenters. The highest BCUT2D eigenvalue weighted by Crippen LogP contribution is 2.25. The number of carbonyl (C=O) groups excluding carboxylic acids is 1. The summed E-state index contributed by atoms with van der Waals surface area (Å²) in [5.74, 6) is 0.960. The molecule has 0 fully saturated rings. The van der Waals surface area contributed by atoms with Crippen LogP contribution in [0.4, 0.5) is 5.82 Å². The molecule has 0 aliphatic rings. The van der Waals surface area contributed by atoms with Crippen molar-refractivity contribution in [3.05, 3.63) is 63.4 Å². The van der Waals surface area contributed by atoms with Crippen molar-refractivity contribution in [2.24, 2.45) is 0 Å². The van der Waals surface area contributed by atoms with E-state index in [0.717, 1.165) is 0 Å². The summed E-state index contributed by atoms with van der Waals surface area (Å²) in [5.41, 5.74) is 0.685. The van der Waals surface area contributed by atoms with E-state index >= 15 is 0 Å². The molecule has 140 valence electrons. The van der Waals surface area contributed by atoms with Crippen LogP contribution in [0, 0.1) is 6.92 Å². The van der Waals surface area contributed by atoms with Gasteiger partial charge in [0, 0.05) is 17.3 Å². The van der Waals surface area contributed by atoms with Gasteiger partial charge in [-0.3, -0.25) is 4.79 Å². The number of nitrogens with one attached hydrogen (secondary N) is 1. The van der Waals surface area contributed by atoms with E-state index in [9.17, 15) is 4.79 Å². The van der Waals surface area contributed by atoms with Crippen LogP contribution in [-0.2, 0) is 4.79 Å². The highest BCUT2D eigenvalue weighted by molar-refractivity contribution is 6.35. The Bertz CT molecular complexity index is 973. The number of carbonyl (C=O) groups is 1. The van der Waals surface area contributed by atoms with E-state index < -0.39 is 6.10 Å². The zero-order valence-electron chi connectivity index (χ0n) is 14.4. The second kappa shape index (κ2) is 8.17. The number of ether oxygens (including phenoxy) is 1. The van der Waals surface area contributed by atoms with Crippen molar-refractivity contribution in [1.29, 1.82) is 0 Å². The van der Waals surface area contributed by atoms with Crippen LogP contribution in [0.3, 0.4) is 0 Å². The van der Waals surface area contributed by atoms with Crippen molar-refractivity contribution >= 4 is 46.5 Å². The number of rotatable bonds is 5. The number of aromatic nitrogens is 3. The van der Waals surface area contributed by atoms with Crippen LogP contribution in [0.2, 0.25) is 15.1 Å². The van der Waals surface area contributed by atoms with E-state index in [0.29, 0.717) is 38.1 Å². The highest BCUT2D eigenvalue weighted by atomic mass is 35.5. The predicted molar refractivity (Wildman–Crippen MR) is 106 cm³/mol. The Balaban J connectivity index is 1.79. The molecule has 0 spiro atoms. The van der Waals surface area contributed by atoms with Gasteiger partial charge in [0.2, 0.25) is 0 Å². The van der Waals surface area contributed by atoms with Crippen molar-refractivity contribution in [3.63, 3.8) is 0 Å². The van der Waals surface area contributed by atoms with Gasteiger partial charge in [0.1, 0.15) is 11.6 Å². The number of amides is 1. The Hall–Kier alpha value is -2.28. The van der Waals surface area contributed by atoms with Crippen molar-refractivity contribution in [1.82, 2.24) is 14.8 Å². The minimum atomic E-state index is -0.747. The summed E-state index contributed by atoms with van der Waals surface area (Å²) >= 11 is 17.9. The van der Waals surface area contributed by atoms with Crippen LogP contribution in [0.1, 0.15) is 12.6 Å². The molecule has 1 unspecified atom stereocenters. The third-order valence-corrected chi connectivity index (χ3v) is 4.30. The number of nitrogens with zero attached hydrogens (tertiary/aromatic N) is 3. The highest BCUT2D eigenvalue weighted by Gasteiger charge is 2.19. The van der Waals surface area contributed by atoms with Crippen molar-refractivity contribution < 1.29 is 9.53 Å². The van der Waals surface area contributed by atoms with Gasteiger partial charge in [0.05, 0.1) is 15.7 Å². The summed E-state index contributed by atoms with van der Waals surface area (Å²) in [6.07, 6.45) is 0.709. The topological polar surface area (TPSA) is 69.0 Å². The molecule has 0 aliphatic heterocycles. The largest absolute Gasteiger partial charge is 0.481 e. The van der Waals surface area contributed by atoms with Crippen LogP contribution in [0.15, 0.2) is 42.6 Å². The quantitative estimate of drug-likeness (QED) is 0.628. The minimum absolute atomic E-state index is 0.312. The lowest BCUT2D eigenvalue weighted by atomic mass is 10.3. The van der Waals surface area contributed by atoms with E-state index in [2.05, 4.69) is 15.4 Å². The Labute approximate surface area is 171 Å². The second-order valence-corrected chi connectivity index (χ2v) is 7.03. The van der Waals surface area contributed by atoms with E-state index in [1.54, 1.807) is 50.2 Å². The lowest BCUT2D eigenvalue weighted by molar-refractivity contribution is -0.122. The number of anilines is 1. The maximum Gasteiger partial charge on any atom is 0.266 e. The molecule has 0 aliphatic carbocycles. The number of hydrogen-bond donors (Lipinski definition) is 1. The standard InChI is InChI=1S/C18H15Cl3N4O2/c1-10-7-16(25(24-10)17-15(21)8-13(20)9-22-17)23-18(26)11(2)27-14-5-3-12(19)4-6-14/h3-9,11H,1-2H3,(H,23,26). The van der Waals surface area contributed by atoms with Gasteiger partial charge in [-0.15, -0.1) is 0 Å². The first-order valence-electron chi connectivity index (χ1n) is 7.94. The average molecular weight is 426 g/mol. The van der Waals surface area contributed by atoms with Crippen LogP contribution in [0.5, 0.6) is 5.75 Å².